The predicted molar refractivity (Wildman–Crippen MR) is 115 cm³/mol. The third kappa shape index (κ3) is 5.69. The van der Waals surface area contributed by atoms with Crippen molar-refractivity contribution in [2.24, 2.45) is 5.92 Å². The monoisotopic (exact) mass is 433 g/mol. The topological polar surface area (TPSA) is 101 Å². The van der Waals surface area contributed by atoms with Gasteiger partial charge in [-0.25, -0.2) is 9.78 Å². The van der Waals surface area contributed by atoms with Gasteiger partial charge < -0.3 is 15.0 Å². The molecule has 0 spiro atoms. The molecule has 0 aliphatic rings. The zero-order chi connectivity index (χ0) is 22.3. The molecule has 2 atom stereocenters. The number of carbonyl (C=O) groups is 3. The molecule has 0 aliphatic carbocycles. The van der Waals surface area contributed by atoms with E-state index >= 15 is 0 Å². The fourth-order valence-electron chi connectivity index (χ4n) is 3.11. The molecule has 7 nitrogen and oxygen atoms in total. The summed E-state index contributed by atoms with van der Waals surface area (Å²) < 4.78 is 1.80. The molecular weight excluding hydrogens is 406 g/mol. The molecule has 2 aromatic rings. The molecule has 0 saturated heterocycles. The van der Waals surface area contributed by atoms with Crippen molar-refractivity contribution in [2.45, 2.75) is 59.0 Å². The zero-order valence-electron chi connectivity index (χ0n) is 17.5. The van der Waals surface area contributed by atoms with Crippen molar-refractivity contribution in [1.82, 2.24) is 14.9 Å². The van der Waals surface area contributed by atoms with Gasteiger partial charge in [0.15, 0.2) is 6.29 Å². The van der Waals surface area contributed by atoms with E-state index in [-0.39, 0.29) is 11.6 Å². The van der Waals surface area contributed by atoms with E-state index in [0.29, 0.717) is 30.0 Å². The summed E-state index contributed by atoms with van der Waals surface area (Å²) in [5.41, 5.74) is 1.49. The van der Waals surface area contributed by atoms with Crippen LogP contribution < -0.4 is 5.32 Å². The number of aryl methyl sites for hydroxylation is 1. The standard InChI is InChI=1S/C22H28ClN3O4/c1-4-6-7-18-24-17(13-27)20(23)26(18)12-15-8-10-16(11-9-15)21(28)25-19(22(29)30)14(3)5-2/h8-11,13-14,19H,4-7,12H2,1-3H3,(H,25,28)(H,29,30)/t14-,19-/m0/s1. The van der Waals surface area contributed by atoms with E-state index in [9.17, 15) is 19.5 Å². The molecule has 1 aromatic carbocycles. The Bertz CT molecular complexity index is 893. The van der Waals surface area contributed by atoms with E-state index in [2.05, 4.69) is 17.2 Å². The minimum Gasteiger partial charge on any atom is -0.480 e. The summed E-state index contributed by atoms with van der Waals surface area (Å²) >= 11 is 6.32. The number of nitrogens with one attached hydrogen (secondary N) is 1. The van der Waals surface area contributed by atoms with Gasteiger partial charge in [-0.1, -0.05) is 57.3 Å². The average molecular weight is 434 g/mol. The Kier molecular flexibility index (Phi) is 8.59. The van der Waals surface area contributed by atoms with Gasteiger partial charge in [-0.2, -0.15) is 0 Å². The molecule has 1 aromatic heterocycles. The first-order valence-electron chi connectivity index (χ1n) is 10.1. The molecule has 0 unspecified atom stereocenters. The van der Waals surface area contributed by atoms with Gasteiger partial charge in [0.1, 0.15) is 22.7 Å². The van der Waals surface area contributed by atoms with Crippen molar-refractivity contribution in [3.8, 4) is 0 Å². The minimum atomic E-state index is -1.05. The van der Waals surface area contributed by atoms with Gasteiger partial charge in [0, 0.05) is 12.0 Å². The molecule has 1 amide bonds. The van der Waals surface area contributed by atoms with Crippen LogP contribution in [0.3, 0.4) is 0 Å². The molecule has 2 rings (SSSR count). The molecule has 30 heavy (non-hydrogen) atoms. The van der Waals surface area contributed by atoms with Crippen molar-refractivity contribution in [3.63, 3.8) is 0 Å². The number of carbonyl (C=O) groups excluding carboxylic acids is 2. The summed E-state index contributed by atoms with van der Waals surface area (Å²) in [5, 5.41) is 12.2. The maximum absolute atomic E-state index is 12.5. The largest absolute Gasteiger partial charge is 0.480 e. The summed E-state index contributed by atoms with van der Waals surface area (Å²) in [5.74, 6) is -0.900. The third-order valence-corrected chi connectivity index (χ3v) is 5.60. The second kappa shape index (κ2) is 10.9. The molecular formula is C22H28ClN3O4. The number of benzene rings is 1. The smallest absolute Gasteiger partial charge is 0.326 e. The molecule has 1 heterocycles. The lowest BCUT2D eigenvalue weighted by molar-refractivity contribution is -0.140. The summed E-state index contributed by atoms with van der Waals surface area (Å²) in [6.45, 7) is 6.18. The van der Waals surface area contributed by atoms with Gasteiger partial charge in [0.25, 0.3) is 5.91 Å². The minimum absolute atomic E-state index is 0.178. The quantitative estimate of drug-likeness (QED) is 0.522. The van der Waals surface area contributed by atoms with Gasteiger partial charge >= 0.3 is 5.97 Å². The van der Waals surface area contributed by atoms with E-state index in [4.69, 9.17) is 11.6 Å². The molecule has 2 N–H and O–H groups in total. The van der Waals surface area contributed by atoms with Crippen LogP contribution in [-0.4, -0.2) is 38.9 Å². The Hall–Kier alpha value is -2.67. The Morgan fingerprint density at radius 1 is 1.27 bits per heavy atom. The highest BCUT2D eigenvalue weighted by molar-refractivity contribution is 6.31. The highest BCUT2D eigenvalue weighted by atomic mass is 35.5. The number of imidazole rings is 1. The second-order valence-corrected chi connectivity index (χ2v) is 7.74. The van der Waals surface area contributed by atoms with Crippen LogP contribution in [-0.2, 0) is 17.8 Å². The van der Waals surface area contributed by atoms with Gasteiger partial charge in [-0.3, -0.25) is 9.59 Å². The van der Waals surface area contributed by atoms with Gasteiger partial charge in [0.05, 0.1) is 6.54 Å². The zero-order valence-corrected chi connectivity index (χ0v) is 18.3. The van der Waals surface area contributed by atoms with Crippen molar-refractivity contribution in [1.29, 1.82) is 0 Å². The fraction of sp³-hybridized carbons (Fsp3) is 0.455. The summed E-state index contributed by atoms with van der Waals surface area (Å²) in [4.78, 5) is 39.4. The first kappa shape index (κ1) is 23.6. The fourth-order valence-corrected chi connectivity index (χ4v) is 3.35. The van der Waals surface area contributed by atoms with Crippen molar-refractivity contribution < 1.29 is 19.5 Å². The first-order valence-corrected chi connectivity index (χ1v) is 10.5. The van der Waals surface area contributed by atoms with Crippen molar-refractivity contribution in [3.05, 3.63) is 52.1 Å². The third-order valence-electron chi connectivity index (χ3n) is 5.20. The number of unbranched alkanes of at least 4 members (excludes halogenated alkanes) is 1. The number of nitrogens with zero attached hydrogens (tertiary/aromatic N) is 2. The van der Waals surface area contributed by atoms with Crippen LogP contribution in [0.25, 0.3) is 0 Å². The Morgan fingerprint density at radius 2 is 1.93 bits per heavy atom. The van der Waals surface area contributed by atoms with E-state index < -0.39 is 17.9 Å². The number of carboxylic acids is 1. The predicted octanol–water partition coefficient (Wildman–Crippen LogP) is 3.97. The van der Waals surface area contributed by atoms with Crippen LogP contribution >= 0.6 is 11.6 Å². The number of carboxylic acid groups (broad SMARTS) is 1. The summed E-state index contributed by atoms with van der Waals surface area (Å²) in [6.07, 6.45) is 3.95. The number of aliphatic carboxylic acids is 1. The number of aromatic nitrogens is 2. The highest BCUT2D eigenvalue weighted by Crippen LogP contribution is 2.21. The molecule has 0 radical (unpaired) electrons. The van der Waals surface area contributed by atoms with Crippen LogP contribution in [0.4, 0.5) is 0 Å². The Morgan fingerprint density at radius 3 is 2.47 bits per heavy atom. The first-order chi connectivity index (χ1) is 14.3. The highest BCUT2D eigenvalue weighted by Gasteiger charge is 2.25. The second-order valence-electron chi connectivity index (χ2n) is 7.38. The van der Waals surface area contributed by atoms with Crippen LogP contribution in [0.5, 0.6) is 0 Å². The van der Waals surface area contributed by atoms with Crippen LogP contribution in [0.15, 0.2) is 24.3 Å². The van der Waals surface area contributed by atoms with Gasteiger partial charge in [-0.15, -0.1) is 0 Å². The summed E-state index contributed by atoms with van der Waals surface area (Å²) in [6, 6.07) is 5.94. The normalized spacial score (nSPS) is 12.9. The van der Waals surface area contributed by atoms with Crippen LogP contribution in [0.1, 0.15) is 72.3 Å². The maximum atomic E-state index is 12.5. The van der Waals surface area contributed by atoms with Crippen LogP contribution in [0, 0.1) is 5.92 Å². The molecule has 162 valence electrons. The van der Waals surface area contributed by atoms with E-state index in [1.807, 2.05) is 6.92 Å². The summed E-state index contributed by atoms with van der Waals surface area (Å²) in [7, 11) is 0. The molecule has 8 heteroatoms. The van der Waals surface area contributed by atoms with E-state index in [1.54, 1.807) is 35.8 Å². The number of aldehydes is 1. The number of hydrogen-bond donors (Lipinski definition) is 2. The van der Waals surface area contributed by atoms with Gasteiger partial charge in [0.2, 0.25) is 0 Å². The average Bonchev–Trinajstić information content (AvgIpc) is 3.04. The van der Waals surface area contributed by atoms with Crippen molar-refractivity contribution in [2.75, 3.05) is 0 Å². The number of halogens is 1. The van der Waals surface area contributed by atoms with E-state index in [0.717, 1.165) is 30.7 Å². The number of rotatable bonds is 11. The van der Waals surface area contributed by atoms with Gasteiger partial charge in [-0.05, 0) is 30.0 Å². The molecule has 0 aliphatic heterocycles. The Balaban J connectivity index is 2.16. The molecule has 0 bridgehead atoms. The Labute approximate surface area is 181 Å². The lowest BCUT2D eigenvalue weighted by Crippen LogP contribution is -2.45. The van der Waals surface area contributed by atoms with Crippen LogP contribution in [0.2, 0.25) is 5.15 Å². The molecule has 0 fully saturated rings. The lowest BCUT2D eigenvalue weighted by Gasteiger charge is -2.20. The van der Waals surface area contributed by atoms with E-state index in [1.165, 1.54) is 0 Å². The molecule has 0 saturated carbocycles. The number of hydrogen-bond acceptors (Lipinski definition) is 4. The number of amides is 1. The SMILES string of the molecule is CCCCc1nc(C=O)c(Cl)n1Cc1ccc(C(=O)N[C@H](C(=O)O)[C@@H](C)CC)cc1. The lowest BCUT2D eigenvalue weighted by atomic mass is 9.99. The maximum Gasteiger partial charge on any atom is 0.326 e. The van der Waals surface area contributed by atoms with Crippen molar-refractivity contribution >= 4 is 29.8 Å².